The Morgan fingerprint density at radius 1 is 1.15 bits per heavy atom. The maximum Gasteiger partial charge on any atom is 0.418 e. The van der Waals surface area contributed by atoms with Crippen molar-refractivity contribution in [3.05, 3.63) is 83.0 Å². The maximum atomic E-state index is 13.1. The van der Waals surface area contributed by atoms with E-state index >= 15 is 0 Å². The summed E-state index contributed by atoms with van der Waals surface area (Å²) >= 11 is 6.69. The van der Waals surface area contributed by atoms with E-state index in [1.807, 2.05) is 12.1 Å². The van der Waals surface area contributed by atoms with Gasteiger partial charge in [-0.25, -0.2) is 9.78 Å². The lowest BCUT2D eigenvalue weighted by molar-refractivity contribution is -0.137. The highest BCUT2D eigenvalue weighted by atomic mass is 35.5. The van der Waals surface area contributed by atoms with Crippen molar-refractivity contribution < 1.29 is 27.4 Å². The number of pyridine rings is 1. The van der Waals surface area contributed by atoms with Gasteiger partial charge in [0.25, 0.3) is 0 Å². The number of aromatic nitrogens is 1. The number of hydrogen-bond acceptors (Lipinski definition) is 5. The van der Waals surface area contributed by atoms with Crippen LogP contribution in [-0.4, -0.2) is 16.1 Å². The van der Waals surface area contributed by atoms with E-state index in [1.54, 1.807) is 16.4 Å². The minimum atomic E-state index is -4.60. The molecule has 0 atom stereocenters. The summed E-state index contributed by atoms with van der Waals surface area (Å²) in [6.45, 7) is 0.294. The van der Waals surface area contributed by atoms with Crippen molar-refractivity contribution in [2.24, 2.45) is 0 Å². The summed E-state index contributed by atoms with van der Waals surface area (Å²) in [6, 6.07) is 15.0. The average Bonchev–Trinajstić information content (AvgIpc) is 3.64. The van der Waals surface area contributed by atoms with E-state index in [2.05, 4.69) is 17.1 Å². The van der Waals surface area contributed by atoms with E-state index in [9.17, 15) is 18.0 Å². The number of aromatic carboxylic acids is 1. The van der Waals surface area contributed by atoms with Crippen LogP contribution in [0.15, 0.2) is 65.7 Å². The fourth-order valence-electron chi connectivity index (χ4n) is 3.25. The van der Waals surface area contributed by atoms with E-state index in [1.165, 1.54) is 42.5 Å². The highest BCUT2D eigenvalue weighted by Crippen LogP contribution is 2.41. The van der Waals surface area contributed by atoms with E-state index in [0.717, 1.165) is 17.8 Å². The molecule has 4 rings (SSSR count). The molecule has 0 radical (unpaired) electrons. The SMILES string of the molecule is O=C(O)c1ccc(SN(Cc2ccc(C3CC3)cc2)c2ncc(C(F)(F)F)cc2OCl)cc1. The van der Waals surface area contributed by atoms with Crippen LogP contribution in [0.1, 0.15) is 45.8 Å². The van der Waals surface area contributed by atoms with Crippen molar-refractivity contribution in [1.29, 1.82) is 0 Å². The predicted octanol–water partition coefficient (Wildman–Crippen LogP) is 6.92. The molecular formula is C23H18ClF3N2O3S. The van der Waals surface area contributed by atoms with E-state index in [4.69, 9.17) is 21.3 Å². The Balaban J connectivity index is 1.66. The molecule has 0 spiro atoms. The van der Waals surface area contributed by atoms with E-state index in [-0.39, 0.29) is 17.1 Å². The molecule has 1 saturated carbocycles. The molecule has 0 amide bonds. The highest BCUT2D eigenvalue weighted by Gasteiger charge is 2.33. The Morgan fingerprint density at radius 3 is 2.36 bits per heavy atom. The summed E-state index contributed by atoms with van der Waals surface area (Å²) in [5.74, 6) is -0.584. The van der Waals surface area contributed by atoms with Gasteiger partial charge in [-0.2, -0.15) is 13.2 Å². The second kappa shape index (κ2) is 9.52. The molecule has 1 heterocycles. The molecule has 0 saturated heterocycles. The van der Waals surface area contributed by atoms with Crippen molar-refractivity contribution in [3.63, 3.8) is 0 Å². The molecule has 3 aromatic rings. The van der Waals surface area contributed by atoms with Crippen LogP contribution in [0.2, 0.25) is 0 Å². The normalized spacial score (nSPS) is 13.6. The molecule has 10 heteroatoms. The summed E-state index contributed by atoms with van der Waals surface area (Å²) in [5, 5.41) is 9.11. The van der Waals surface area contributed by atoms with Gasteiger partial charge in [-0.15, -0.1) is 0 Å². The maximum absolute atomic E-state index is 13.1. The number of rotatable bonds is 8. The van der Waals surface area contributed by atoms with Gasteiger partial charge >= 0.3 is 12.1 Å². The lowest BCUT2D eigenvalue weighted by Crippen LogP contribution is -2.17. The Labute approximate surface area is 197 Å². The number of anilines is 1. The van der Waals surface area contributed by atoms with Gasteiger partial charge in [0, 0.05) is 17.2 Å². The number of benzene rings is 2. The standard InChI is InChI=1S/C23H18ClF3N2O3S/c24-32-20-11-18(23(25,26)27)12-28-21(20)29(33-19-9-7-17(8-10-19)22(30)31)13-14-1-3-15(4-2-14)16-5-6-16/h1-4,7-12,16H,5-6,13H2,(H,30,31). The number of nitrogens with zero attached hydrogens (tertiary/aromatic N) is 2. The van der Waals surface area contributed by atoms with Gasteiger partial charge in [0.15, 0.2) is 11.6 Å². The summed E-state index contributed by atoms with van der Waals surface area (Å²) in [6.07, 6.45) is -1.51. The third kappa shape index (κ3) is 5.72. The molecule has 0 bridgehead atoms. The lowest BCUT2D eigenvalue weighted by Gasteiger charge is -2.24. The zero-order chi connectivity index (χ0) is 23.6. The van der Waals surface area contributed by atoms with Crippen LogP contribution in [0.3, 0.4) is 0 Å². The van der Waals surface area contributed by atoms with E-state index < -0.39 is 17.7 Å². The monoisotopic (exact) mass is 494 g/mol. The van der Waals surface area contributed by atoms with Gasteiger partial charge in [0.2, 0.25) is 0 Å². The number of alkyl halides is 3. The van der Waals surface area contributed by atoms with Crippen molar-refractivity contribution in [3.8, 4) is 5.75 Å². The van der Waals surface area contributed by atoms with Gasteiger partial charge in [0.1, 0.15) is 11.9 Å². The largest absolute Gasteiger partial charge is 0.478 e. The molecule has 1 aromatic heterocycles. The Bertz CT molecular complexity index is 1140. The number of halogens is 4. The molecule has 5 nitrogen and oxygen atoms in total. The Kier molecular flexibility index (Phi) is 6.71. The minimum absolute atomic E-state index is 0.108. The second-order valence-electron chi connectivity index (χ2n) is 7.59. The van der Waals surface area contributed by atoms with Gasteiger partial charge < -0.3 is 9.40 Å². The molecule has 2 aromatic carbocycles. The van der Waals surface area contributed by atoms with Crippen LogP contribution < -0.4 is 8.59 Å². The van der Waals surface area contributed by atoms with Crippen LogP contribution in [0, 0.1) is 0 Å². The highest BCUT2D eigenvalue weighted by molar-refractivity contribution is 8.00. The second-order valence-corrected chi connectivity index (χ2v) is 8.84. The zero-order valence-electron chi connectivity index (χ0n) is 17.1. The molecule has 33 heavy (non-hydrogen) atoms. The van der Waals surface area contributed by atoms with Crippen molar-refractivity contribution >= 4 is 35.6 Å². The van der Waals surface area contributed by atoms with E-state index in [0.29, 0.717) is 17.4 Å². The van der Waals surface area contributed by atoms with Gasteiger partial charge in [-0.1, -0.05) is 24.3 Å². The predicted molar refractivity (Wildman–Crippen MR) is 120 cm³/mol. The van der Waals surface area contributed by atoms with Crippen LogP contribution in [0.25, 0.3) is 0 Å². The summed E-state index contributed by atoms with van der Waals surface area (Å²) in [5.41, 5.74) is 1.32. The Hall–Kier alpha value is -2.91. The lowest BCUT2D eigenvalue weighted by atomic mass is 10.1. The fraction of sp³-hybridized carbons (Fsp3) is 0.217. The first kappa shape index (κ1) is 23.3. The molecular weight excluding hydrogens is 477 g/mol. The molecule has 172 valence electrons. The van der Waals surface area contributed by atoms with Crippen LogP contribution in [-0.2, 0) is 12.7 Å². The minimum Gasteiger partial charge on any atom is -0.478 e. The summed E-state index contributed by atoms with van der Waals surface area (Å²) in [4.78, 5) is 15.8. The first-order valence-corrected chi connectivity index (χ1v) is 11.1. The van der Waals surface area contributed by atoms with Crippen LogP contribution >= 0.6 is 23.8 Å². The zero-order valence-corrected chi connectivity index (χ0v) is 18.6. The number of carbonyl (C=O) groups is 1. The van der Waals surface area contributed by atoms with Crippen molar-refractivity contribution in [2.45, 2.75) is 36.4 Å². The fourth-order valence-corrected chi connectivity index (χ4v) is 4.31. The van der Waals surface area contributed by atoms with Gasteiger partial charge in [0.05, 0.1) is 17.7 Å². The molecule has 0 aliphatic heterocycles. The molecule has 1 N–H and O–H groups in total. The number of carboxylic acid groups (broad SMARTS) is 1. The van der Waals surface area contributed by atoms with Crippen LogP contribution in [0.5, 0.6) is 5.75 Å². The summed E-state index contributed by atoms with van der Waals surface area (Å²) < 4.78 is 45.8. The first-order chi connectivity index (χ1) is 15.7. The number of carboxylic acids is 1. The van der Waals surface area contributed by atoms with Crippen molar-refractivity contribution in [2.75, 3.05) is 4.31 Å². The smallest absolute Gasteiger partial charge is 0.418 e. The number of hydrogen-bond donors (Lipinski definition) is 1. The quantitative estimate of drug-likeness (QED) is 0.343. The third-order valence-corrected chi connectivity index (χ3v) is 6.32. The molecule has 1 aliphatic rings. The average molecular weight is 495 g/mol. The first-order valence-electron chi connectivity index (χ1n) is 9.98. The third-order valence-electron chi connectivity index (χ3n) is 5.15. The topological polar surface area (TPSA) is 62.7 Å². The van der Waals surface area contributed by atoms with Crippen molar-refractivity contribution in [1.82, 2.24) is 4.98 Å². The molecule has 1 aliphatic carbocycles. The van der Waals surface area contributed by atoms with Crippen LogP contribution in [0.4, 0.5) is 19.0 Å². The van der Waals surface area contributed by atoms with Gasteiger partial charge in [-0.05, 0) is 66.1 Å². The Morgan fingerprint density at radius 2 is 1.82 bits per heavy atom. The van der Waals surface area contributed by atoms with Gasteiger partial charge in [-0.3, -0.25) is 4.31 Å². The molecule has 1 fully saturated rings. The summed E-state index contributed by atoms with van der Waals surface area (Å²) in [7, 11) is 0. The molecule has 0 unspecified atom stereocenters.